The number of benzene rings is 1. The van der Waals surface area contributed by atoms with Gasteiger partial charge in [0.25, 0.3) is 0 Å². The van der Waals surface area contributed by atoms with Gasteiger partial charge in [-0.15, -0.1) is 23.1 Å². The molecule has 5 heteroatoms. The van der Waals surface area contributed by atoms with Crippen molar-refractivity contribution in [1.29, 1.82) is 0 Å². The van der Waals surface area contributed by atoms with Gasteiger partial charge < -0.3 is 0 Å². The Morgan fingerprint density at radius 1 is 1.33 bits per heavy atom. The molecule has 0 amide bonds. The van der Waals surface area contributed by atoms with Crippen molar-refractivity contribution in [2.24, 2.45) is 0 Å². The first-order valence-corrected chi connectivity index (χ1v) is 6.78. The lowest BCUT2D eigenvalue weighted by molar-refractivity contribution is 1.36. The standard InChI is InChI=1S/C10H7Cl2NS2/c11-7-2-1-3-8(4-7)14-6-9-5-13-10(12)15-9/h1-5H,6H2. The topological polar surface area (TPSA) is 12.9 Å². The molecule has 1 heterocycles. The summed E-state index contributed by atoms with van der Waals surface area (Å²) >= 11 is 14.9. The van der Waals surface area contributed by atoms with Crippen LogP contribution in [0.4, 0.5) is 0 Å². The summed E-state index contributed by atoms with van der Waals surface area (Å²) in [7, 11) is 0. The van der Waals surface area contributed by atoms with E-state index in [1.807, 2.05) is 30.5 Å². The fourth-order valence-corrected chi connectivity index (χ4v) is 3.27. The van der Waals surface area contributed by atoms with Crippen LogP contribution in [0.15, 0.2) is 35.4 Å². The summed E-state index contributed by atoms with van der Waals surface area (Å²) in [5.74, 6) is 0.880. The Bertz CT molecular complexity index is 456. The Hall–Kier alpha value is -0.220. The third kappa shape index (κ3) is 3.38. The van der Waals surface area contributed by atoms with Gasteiger partial charge in [-0.2, -0.15) is 0 Å². The Kier molecular flexibility index (Phi) is 3.92. The van der Waals surface area contributed by atoms with Crippen molar-refractivity contribution < 1.29 is 0 Å². The van der Waals surface area contributed by atoms with Crippen LogP contribution < -0.4 is 0 Å². The number of halogens is 2. The highest BCUT2D eigenvalue weighted by Crippen LogP contribution is 2.28. The molecule has 1 aromatic carbocycles. The van der Waals surface area contributed by atoms with Crippen LogP contribution in [0.2, 0.25) is 9.49 Å². The SMILES string of the molecule is Clc1cccc(SCc2cnc(Cl)s2)c1. The summed E-state index contributed by atoms with van der Waals surface area (Å²) < 4.78 is 0.594. The van der Waals surface area contributed by atoms with Gasteiger partial charge in [0.1, 0.15) is 0 Å². The predicted molar refractivity (Wildman–Crippen MR) is 68.1 cm³/mol. The minimum atomic E-state index is 0.594. The molecule has 0 spiro atoms. The highest BCUT2D eigenvalue weighted by Gasteiger charge is 2.01. The Labute approximate surface area is 106 Å². The lowest BCUT2D eigenvalue weighted by atomic mass is 10.4. The number of aromatic nitrogens is 1. The third-order valence-electron chi connectivity index (χ3n) is 1.70. The van der Waals surface area contributed by atoms with Gasteiger partial charge in [0.05, 0.1) is 0 Å². The van der Waals surface area contributed by atoms with Crippen LogP contribution in [0, 0.1) is 0 Å². The number of thiazole rings is 1. The molecule has 15 heavy (non-hydrogen) atoms. The molecule has 0 aliphatic rings. The summed E-state index contributed by atoms with van der Waals surface area (Å²) in [5.41, 5.74) is 0. The molecule has 0 radical (unpaired) electrons. The maximum absolute atomic E-state index is 5.89. The summed E-state index contributed by atoms with van der Waals surface area (Å²) in [6, 6.07) is 7.81. The molecule has 78 valence electrons. The van der Waals surface area contributed by atoms with Crippen molar-refractivity contribution in [2.45, 2.75) is 10.6 Å². The lowest BCUT2D eigenvalue weighted by Crippen LogP contribution is -1.74. The van der Waals surface area contributed by atoms with E-state index in [0.29, 0.717) is 4.47 Å². The molecule has 0 saturated heterocycles. The highest BCUT2D eigenvalue weighted by molar-refractivity contribution is 7.98. The second-order valence-corrected chi connectivity index (χ2v) is 6.01. The van der Waals surface area contributed by atoms with E-state index in [2.05, 4.69) is 4.98 Å². The lowest BCUT2D eigenvalue weighted by Gasteiger charge is -1.99. The van der Waals surface area contributed by atoms with Gasteiger partial charge in [-0.3, -0.25) is 0 Å². The average molecular weight is 276 g/mol. The summed E-state index contributed by atoms with van der Waals surface area (Å²) in [5, 5.41) is 0.766. The van der Waals surface area contributed by atoms with Gasteiger partial charge in [0.2, 0.25) is 0 Å². The molecule has 0 atom stereocenters. The Morgan fingerprint density at radius 3 is 2.87 bits per heavy atom. The van der Waals surface area contributed by atoms with Gasteiger partial charge in [-0.05, 0) is 18.2 Å². The normalized spacial score (nSPS) is 10.5. The van der Waals surface area contributed by atoms with E-state index in [9.17, 15) is 0 Å². The molecule has 0 bridgehead atoms. The van der Waals surface area contributed by atoms with Crippen LogP contribution in [0.1, 0.15) is 4.88 Å². The number of hydrogen-bond acceptors (Lipinski definition) is 3. The zero-order valence-electron chi connectivity index (χ0n) is 7.61. The van der Waals surface area contributed by atoms with Crippen molar-refractivity contribution in [1.82, 2.24) is 4.98 Å². The Morgan fingerprint density at radius 2 is 2.20 bits per heavy atom. The molecule has 0 fully saturated rings. The molecule has 2 aromatic rings. The van der Waals surface area contributed by atoms with E-state index >= 15 is 0 Å². The summed E-state index contributed by atoms with van der Waals surface area (Å²) in [4.78, 5) is 6.32. The minimum Gasteiger partial charge on any atom is -0.233 e. The van der Waals surface area contributed by atoms with Gasteiger partial charge in [-0.25, -0.2) is 4.98 Å². The maximum atomic E-state index is 5.89. The largest absolute Gasteiger partial charge is 0.233 e. The molecule has 1 aromatic heterocycles. The molecule has 0 unspecified atom stereocenters. The fourth-order valence-electron chi connectivity index (χ4n) is 1.06. The van der Waals surface area contributed by atoms with Gasteiger partial charge in [0, 0.05) is 26.7 Å². The first-order valence-electron chi connectivity index (χ1n) is 4.22. The van der Waals surface area contributed by atoms with Crippen molar-refractivity contribution in [3.05, 3.63) is 44.8 Å². The molecule has 2 rings (SSSR count). The van der Waals surface area contributed by atoms with Crippen molar-refractivity contribution in [3.8, 4) is 0 Å². The second-order valence-electron chi connectivity index (χ2n) is 2.83. The van der Waals surface area contributed by atoms with E-state index in [1.54, 1.807) is 11.8 Å². The molecular weight excluding hydrogens is 269 g/mol. The second kappa shape index (κ2) is 5.21. The Balaban J connectivity index is 1.99. The van der Waals surface area contributed by atoms with Crippen molar-refractivity contribution in [2.75, 3.05) is 0 Å². The number of thioether (sulfide) groups is 1. The predicted octanol–water partition coefficient (Wildman–Crippen LogP) is 4.74. The van der Waals surface area contributed by atoms with Crippen LogP contribution in [0.25, 0.3) is 0 Å². The molecule has 1 nitrogen and oxygen atoms in total. The first-order chi connectivity index (χ1) is 7.24. The number of nitrogens with zero attached hydrogens (tertiary/aromatic N) is 1. The molecule has 0 N–H and O–H groups in total. The zero-order chi connectivity index (χ0) is 10.7. The van der Waals surface area contributed by atoms with E-state index in [1.165, 1.54) is 16.2 Å². The van der Waals surface area contributed by atoms with Crippen LogP contribution in [0.5, 0.6) is 0 Å². The van der Waals surface area contributed by atoms with Crippen LogP contribution in [0.3, 0.4) is 0 Å². The average Bonchev–Trinajstić information content (AvgIpc) is 2.62. The van der Waals surface area contributed by atoms with E-state index < -0.39 is 0 Å². The van der Waals surface area contributed by atoms with Gasteiger partial charge in [0.15, 0.2) is 4.47 Å². The number of hydrogen-bond donors (Lipinski definition) is 0. The quantitative estimate of drug-likeness (QED) is 0.751. The molecule has 0 aliphatic carbocycles. The monoisotopic (exact) mass is 275 g/mol. The van der Waals surface area contributed by atoms with Crippen LogP contribution >= 0.6 is 46.3 Å². The minimum absolute atomic E-state index is 0.594. The van der Waals surface area contributed by atoms with Crippen molar-refractivity contribution in [3.63, 3.8) is 0 Å². The van der Waals surface area contributed by atoms with Gasteiger partial charge >= 0.3 is 0 Å². The summed E-state index contributed by atoms with van der Waals surface area (Å²) in [6.45, 7) is 0. The van der Waals surface area contributed by atoms with E-state index in [4.69, 9.17) is 23.2 Å². The zero-order valence-corrected chi connectivity index (χ0v) is 10.8. The highest BCUT2D eigenvalue weighted by atomic mass is 35.5. The van der Waals surface area contributed by atoms with E-state index in [-0.39, 0.29) is 0 Å². The van der Waals surface area contributed by atoms with E-state index in [0.717, 1.165) is 15.7 Å². The fraction of sp³-hybridized carbons (Fsp3) is 0.100. The van der Waals surface area contributed by atoms with Crippen LogP contribution in [-0.4, -0.2) is 4.98 Å². The molecule has 0 aliphatic heterocycles. The van der Waals surface area contributed by atoms with Crippen LogP contribution in [-0.2, 0) is 5.75 Å². The number of rotatable bonds is 3. The molecular formula is C10H7Cl2NS2. The smallest absolute Gasteiger partial charge is 0.183 e. The maximum Gasteiger partial charge on any atom is 0.183 e. The molecule has 0 saturated carbocycles. The third-order valence-corrected chi connectivity index (χ3v) is 4.28. The van der Waals surface area contributed by atoms with Gasteiger partial charge in [-0.1, -0.05) is 29.3 Å². The first kappa shape index (κ1) is 11.3. The summed E-state index contributed by atoms with van der Waals surface area (Å²) in [6.07, 6.45) is 1.81. The van der Waals surface area contributed by atoms with Crippen molar-refractivity contribution >= 4 is 46.3 Å².